The van der Waals surface area contributed by atoms with Crippen molar-refractivity contribution in [3.63, 3.8) is 0 Å². The third kappa shape index (κ3) is 5.89. The van der Waals surface area contributed by atoms with E-state index in [2.05, 4.69) is 56.9 Å². The predicted molar refractivity (Wildman–Crippen MR) is 100 cm³/mol. The van der Waals surface area contributed by atoms with Crippen LogP contribution in [0.1, 0.15) is 64.9 Å². The van der Waals surface area contributed by atoms with Gasteiger partial charge in [0.25, 0.3) is 0 Å². The number of unbranched alkanes of at least 4 members (excludes halogenated alkanes) is 1. The zero-order chi connectivity index (χ0) is 17.1. The number of rotatable bonds is 8. The second-order valence-corrected chi connectivity index (χ2v) is 6.36. The monoisotopic (exact) mass is 318 g/mol. The van der Waals surface area contributed by atoms with Crippen molar-refractivity contribution in [3.8, 4) is 0 Å². The van der Waals surface area contributed by atoms with Crippen LogP contribution in [0.25, 0.3) is 0 Å². The fourth-order valence-electron chi connectivity index (χ4n) is 3.06. The molecule has 130 valence electrons. The van der Waals surface area contributed by atoms with E-state index in [0.29, 0.717) is 5.92 Å². The largest absolute Gasteiger partial charge is 0.371 e. The van der Waals surface area contributed by atoms with Crippen LogP contribution in [-0.2, 0) is 4.79 Å². The van der Waals surface area contributed by atoms with Gasteiger partial charge in [0.1, 0.15) is 0 Å². The Kier molecular flexibility index (Phi) is 9.42. The molecule has 1 aromatic carbocycles. The molecule has 3 heteroatoms. The van der Waals surface area contributed by atoms with Crippen LogP contribution in [0.2, 0.25) is 0 Å². The molecule has 0 bridgehead atoms. The molecule has 23 heavy (non-hydrogen) atoms. The summed E-state index contributed by atoms with van der Waals surface area (Å²) in [4.78, 5) is 15.6. The minimum atomic E-state index is 0.458. The van der Waals surface area contributed by atoms with E-state index >= 15 is 0 Å². The maximum atomic E-state index is 11.2. The molecular formula is C20H34N2O. The van der Waals surface area contributed by atoms with Crippen LogP contribution in [-0.4, -0.2) is 37.5 Å². The molecular weight excluding hydrogens is 284 g/mol. The van der Waals surface area contributed by atoms with E-state index in [1.807, 2.05) is 4.90 Å². The van der Waals surface area contributed by atoms with Gasteiger partial charge in [0.2, 0.25) is 6.41 Å². The zero-order valence-corrected chi connectivity index (χ0v) is 15.4. The molecule has 1 amide bonds. The standard InChI is InChI=1S/C17H26N2O.C3H8/c1-3-5-11-19-13-15(12-18(14-20)10-4-2)16-8-6-7-9-17(16)19;1-3-2/h6-9,14-15H,3-5,10-13H2,1-2H3;3H2,1-2H3. The van der Waals surface area contributed by atoms with Gasteiger partial charge in [-0.1, -0.05) is 58.7 Å². The van der Waals surface area contributed by atoms with Crippen LogP contribution in [0.5, 0.6) is 0 Å². The molecule has 1 atom stereocenters. The summed E-state index contributed by atoms with van der Waals surface area (Å²) in [5, 5.41) is 0. The van der Waals surface area contributed by atoms with Crippen LogP contribution in [0, 0.1) is 0 Å². The van der Waals surface area contributed by atoms with E-state index < -0.39 is 0 Å². The number of hydrogen-bond donors (Lipinski definition) is 0. The highest BCUT2D eigenvalue weighted by Gasteiger charge is 2.28. The molecule has 1 aromatic rings. The van der Waals surface area contributed by atoms with E-state index in [-0.39, 0.29) is 0 Å². The van der Waals surface area contributed by atoms with Crippen LogP contribution < -0.4 is 4.90 Å². The van der Waals surface area contributed by atoms with Crippen molar-refractivity contribution >= 4 is 12.1 Å². The number of para-hydroxylation sites is 1. The molecule has 0 N–H and O–H groups in total. The number of amides is 1. The first-order valence-corrected chi connectivity index (χ1v) is 9.24. The third-order valence-electron chi connectivity index (χ3n) is 4.05. The van der Waals surface area contributed by atoms with E-state index in [1.165, 1.54) is 30.5 Å². The molecule has 0 spiro atoms. The van der Waals surface area contributed by atoms with E-state index in [1.54, 1.807) is 0 Å². The van der Waals surface area contributed by atoms with Gasteiger partial charge < -0.3 is 9.80 Å². The molecule has 1 aliphatic heterocycles. The molecule has 1 unspecified atom stereocenters. The Morgan fingerprint density at radius 3 is 2.48 bits per heavy atom. The van der Waals surface area contributed by atoms with Gasteiger partial charge in [0, 0.05) is 37.8 Å². The summed E-state index contributed by atoms with van der Waals surface area (Å²) in [5.41, 5.74) is 2.78. The molecule has 0 saturated heterocycles. The lowest BCUT2D eigenvalue weighted by atomic mass is 10.0. The molecule has 0 aromatic heterocycles. The van der Waals surface area contributed by atoms with E-state index in [9.17, 15) is 4.79 Å². The molecule has 1 heterocycles. The normalized spacial score (nSPS) is 15.7. The Bertz CT molecular complexity index is 447. The second-order valence-electron chi connectivity index (χ2n) is 6.36. The highest BCUT2D eigenvalue weighted by molar-refractivity contribution is 5.60. The molecule has 2 rings (SSSR count). The first-order valence-electron chi connectivity index (χ1n) is 9.24. The van der Waals surface area contributed by atoms with Crippen molar-refractivity contribution in [2.45, 2.75) is 59.3 Å². The van der Waals surface area contributed by atoms with E-state index in [4.69, 9.17) is 0 Å². The number of nitrogens with zero attached hydrogens (tertiary/aromatic N) is 2. The SMILES string of the molecule is CCC.CCCCN1CC(CN(C=O)CCC)c2ccccc21. The molecule has 0 radical (unpaired) electrons. The van der Waals surface area contributed by atoms with Crippen molar-refractivity contribution < 1.29 is 4.79 Å². The first-order chi connectivity index (χ1) is 11.2. The first kappa shape index (κ1) is 19.5. The molecule has 1 aliphatic rings. The lowest BCUT2D eigenvalue weighted by Crippen LogP contribution is -2.31. The van der Waals surface area contributed by atoms with Crippen LogP contribution in [0.4, 0.5) is 5.69 Å². The highest BCUT2D eigenvalue weighted by atomic mass is 16.1. The highest BCUT2D eigenvalue weighted by Crippen LogP contribution is 2.36. The summed E-state index contributed by atoms with van der Waals surface area (Å²) in [6, 6.07) is 8.67. The third-order valence-corrected chi connectivity index (χ3v) is 4.05. The Morgan fingerprint density at radius 2 is 1.87 bits per heavy atom. The van der Waals surface area contributed by atoms with Gasteiger partial charge in [-0.2, -0.15) is 0 Å². The van der Waals surface area contributed by atoms with Crippen molar-refractivity contribution in [2.75, 3.05) is 31.1 Å². The van der Waals surface area contributed by atoms with Crippen molar-refractivity contribution in [1.29, 1.82) is 0 Å². The Hall–Kier alpha value is -1.51. The van der Waals surface area contributed by atoms with Gasteiger partial charge in [-0.15, -0.1) is 0 Å². The van der Waals surface area contributed by atoms with Gasteiger partial charge in [0.05, 0.1) is 0 Å². The topological polar surface area (TPSA) is 23.6 Å². The quantitative estimate of drug-likeness (QED) is 0.650. The average molecular weight is 319 g/mol. The summed E-state index contributed by atoms with van der Waals surface area (Å²) in [6.07, 6.45) is 5.72. The number of anilines is 1. The van der Waals surface area contributed by atoms with Crippen LogP contribution >= 0.6 is 0 Å². The Morgan fingerprint density at radius 1 is 1.17 bits per heavy atom. The minimum Gasteiger partial charge on any atom is -0.371 e. The summed E-state index contributed by atoms with van der Waals surface area (Å²) in [5.74, 6) is 0.458. The fourth-order valence-corrected chi connectivity index (χ4v) is 3.06. The van der Waals surface area contributed by atoms with E-state index in [0.717, 1.165) is 39.0 Å². The van der Waals surface area contributed by atoms with Gasteiger partial charge in [0.15, 0.2) is 0 Å². The van der Waals surface area contributed by atoms with Crippen LogP contribution in [0.3, 0.4) is 0 Å². The molecule has 0 saturated carbocycles. The Labute approximate surface area is 142 Å². The second kappa shape index (κ2) is 11.1. The van der Waals surface area contributed by atoms with Gasteiger partial charge in [-0.25, -0.2) is 0 Å². The van der Waals surface area contributed by atoms with Crippen molar-refractivity contribution in [2.24, 2.45) is 0 Å². The summed E-state index contributed by atoms with van der Waals surface area (Å²) in [6.45, 7) is 12.5. The number of carbonyl (C=O) groups is 1. The molecule has 0 aliphatic carbocycles. The van der Waals surface area contributed by atoms with Crippen molar-refractivity contribution in [1.82, 2.24) is 4.90 Å². The number of carbonyl (C=O) groups excluding carboxylic acids is 1. The number of benzene rings is 1. The zero-order valence-electron chi connectivity index (χ0n) is 15.4. The lowest BCUT2D eigenvalue weighted by Gasteiger charge is -2.22. The Balaban J connectivity index is 0.000000816. The van der Waals surface area contributed by atoms with Gasteiger partial charge >= 0.3 is 0 Å². The summed E-state index contributed by atoms with van der Waals surface area (Å²) in [7, 11) is 0. The molecule has 3 nitrogen and oxygen atoms in total. The maximum Gasteiger partial charge on any atom is 0.209 e. The predicted octanol–water partition coefficient (Wildman–Crippen LogP) is 4.68. The van der Waals surface area contributed by atoms with Gasteiger partial charge in [-0.3, -0.25) is 4.79 Å². The summed E-state index contributed by atoms with van der Waals surface area (Å²) >= 11 is 0. The number of fused-ring (bicyclic) bond motifs is 1. The lowest BCUT2D eigenvalue weighted by molar-refractivity contribution is -0.118. The fraction of sp³-hybridized carbons (Fsp3) is 0.650. The summed E-state index contributed by atoms with van der Waals surface area (Å²) < 4.78 is 0. The van der Waals surface area contributed by atoms with Gasteiger partial charge in [-0.05, 0) is 24.5 Å². The maximum absolute atomic E-state index is 11.2. The van der Waals surface area contributed by atoms with Crippen molar-refractivity contribution in [3.05, 3.63) is 29.8 Å². The minimum absolute atomic E-state index is 0.458. The van der Waals surface area contributed by atoms with Crippen LogP contribution in [0.15, 0.2) is 24.3 Å². The average Bonchev–Trinajstić information content (AvgIpc) is 2.91. The smallest absolute Gasteiger partial charge is 0.209 e. The molecule has 0 fully saturated rings. The number of hydrogen-bond acceptors (Lipinski definition) is 2.